The fourth-order valence-corrected chi connectivity index (χ4v) is 4.28. The monoisotopic (exact) mass is 385 g/mol. The zero-order chi connectivity index (χ0) is 19.5. The van der Waals surface area contributed by atoms with Crippen molar-refractivity contribution in [1.82, 2.24) is 9.62 Å². The summed E-state index contributed by atoms with van der Waals surface area (Å²) < 4.78 is 32.6. The van der Waals surface area contributed by atoms with E-state index in [1.54, 1.807) is 4.90 Å². The van der Waals surface area contributed by atoms with Crippen molar-refractivity contribution in [3.05, 3.63) is 23.8 Å². The highest BCUT2D eigenvalue weighted by Gasteiger charge is 2.36. The predicted molar refractivity (Wildman–Crippen MR) is 93.5 cm³/mol. The van der Waals surface area contributed by atoms with Gasteiger partial charge in [-0.1, -0.05) is 6.92 Å². The van der Waals surface area contributed by atoms with Gasteiger partial charge < -0.3 is 15.6 Å². The maximum Gasteiger partial charge on any atom is 0.317 e. The normalized spacial score (nSPS) is 19.8. The first kappa shape index (κ1) is 20.1. The second-order valence-electron chi connectivity index (χ2n) is 6.13. The fourth-order valence-electron chi connectivity index (χ4n) is 2.99. The Morgan fingerprint density at radius 3 is 2.54 bits per heavy atom. The topological polar surface area (TPSA) is 139 Å². The molecule has 0 aromatic heterocycles. The molecule has 1 aliphatic carbocycles. The minimum Gasteiger partial charge on any atom is -0.496 e. The third kappa shape index (κ3) is 4.51. The van der Waals surface area contributed by atoms with Crippen LogP contribution in [-0.2, 0) is 14.8 Å². The molecule has 0 spiro atoms. The molecular formula is C16H23N3O6S. The molecule has 0 aliphatic heterocycles. The minimum absolute atomic E-state index is 0.0134. The van der Waals surface area contributed by atoms with Gasteiger partial charge in [-0.15, -0.1) is 0 Å². The Hall–Kier alpha value is -2.17. The second kappa shape index (κ2) is 8.02. The summed E-state index contributed by atoms with van der Waals surface area (Å²) in [7, 11) is -2.47. The van der Waals surface area contributed by atoms with Crippen molar-refractivity contribution >= 4 is 21.9 Å². The Kier molecular flexibility index (Phi) is 6.21. The van der Waals surface area contributed by atoms with Gasteiger partial charge in [-0.3, -0.25) is 14.5 Å². The summed E-state index contributed by atoms with van der Waals surface area (Å²) in [6.45, 7) is 2.38. The summed E-state index contributed by atoms with van der Waals surface area (Å²) in [4.78, 5) is 24.0. The number of carbonyl (C=O) groups is 2. The molecule has 1 amide bonds. The zero-order valence-electron chi connectivity index (χ0n) is 14.6. The number of nitrogens with zero attached hydrogens (tertiary/aromatic N) is 1. The van der Waals surface area contributed by atoms with Gasteiger partial charge in [0.15, 0.2) is 0 Å². The van der Waals surface area contributed by atoms with Crippen LogP contribution in [0.5, 0.6) is 5.75 Å². The highest BCUT2D eigenvalue weighted by molar-refractivity contribution is 7.89. The van der Waals surface area contributed by atoms with E-state index in [0.717, 1.165) is 0 Å². The number of sulfonamides is 1. The number of carboxylic acids is 1. The van der Waals surface area contributed by atoms with Crippen molar-refractivity contribution in [2.24, 2.45) is 5.73 Å². The lowest BCUT2D eigenvalue weighted by atomic mass is 9.86. The van der Waals surface area contributed by atoms with Crippen molar-refractivity contribution in [1.29, 1.82) is 0 Å². The lowest BCUT2D eigenvalue weighted by Gasteiger charge is -2.42. The summed E-state index contributed by atoms with van der Waals surface area (Å²) >= 11 is 0. The number of hydrogen-bond acceptors (Lipinski definition) is 6. The third-order valence-corrected chi connectivity index (χ3v) is 5.96. The van der Waals surface area contributed by atoms with Crippen LogP contribution in [0.3, 0.4) is 0 Å². The number of carbonyl (C=O) groups excluding carboxylic acids is 1. The maximum atomic E-state index is 12.5. The van der Waals surface area contributed by atoms with Crippen LogP contribution in [0.1, 0.15) is 30.1 Å². The van der Waals surface area contributed by atoms with E-state index in [4.69, 9.17) is 15.6 Å². The van der Waals surface area contributed by atoms with E-state index in [0.29, 0.717) is 19.4 Å². The average Bonchev–Trinajstić information content (AvgIpc) is 2.55. The van der Waals surface area contributed by atoms with Gasteiger partial charge in [0.25, 0.3) is 5.91 Å². The van der Waals surface area contributed by atoms with E-state index in [9.17, 15) is 18.0 Å². The van der Waals surface area contributed by atoms with Crippen LogP contribution in [0.15, 0.2) is 23.1 Å². The van der Waals surface area contributed by atoms with E-state index in [2.05, 4.69) is 4.72 Å². The van der Waals surface area contributed by atoms with E-state index in [1.807, 2.05) is 6.92 Å². The van der Waals surface area contributed by atoms with Crippen LogP contribution in [0.25, 0.3) is 0 Å². The van der Waals surface area contributed by atoms with Gasteiger partial charge in [0, 0.05) is 12.1 Å². The van der Waals surface area contributed by atoms with E-state index in [-0.39, 0.29) is 34.8 Å². The van der Waals surface area contributed by atoms with Crippen molar-refractivity contribution in [3.63, 3.8) is 0 Å². The number of rotatable bonds is 9. The van der Waals surface area contributed by atoms with Gasteiger partial charge in [0.05, 0.1) is 24.1 Å². The fraction of sp³-hybridized carbons (Fsp3) is 0.500. The molecule has 0 heterocycles. The molecule has 4 N–H and O–H groups in total. The summed E-state index contributed by atoms with van der Waals surface area (Å²) in [5, 5.41) is 8.90. The molecule has 9 nitrogen and oxygen atoms in total. The number of ether oxygens (including phenoxy) is 1. The SMILES string of the molecule is CCN(CC(=O)O)C1CC(NS(=O)(=O)c2ccc(OC)c(C(N)=O)c2)C1. The molecule has 1 aromatic carbocycles. The molecule has 0 bridgehead atoms. The van der Waals surface area contributed by atoms with Crippen molar-refractivity contribution < 1.29 is 27.9 Å². The summed E-state index contributed by atoms with van der Waals surface area (Å²) in [5.74, 6) is -1.49. The molecule has 1 fully saturated rings. The number of hydrogen-bond donors (Lipinski definition) is 3. The lowest BCUT2D eigenvalue weighted by molar-refractivity contribution is -0.139. The summed E-state index contributed by atoms with van der Waals surface area (Å²) in [6, 6.07) is 3.65. The molecule has 0 saturated heterocycles. The number of methoxy groups -OCH3 is 1. The van der Waals surface area contributed by atoms with Gasteiger partial charge in [0.2, 0.25) is 10.0 Å². The van der Waals surface area contributed by atoms with Gasteiger partial charge in [0.1, 0.15) is 5.75 Å². The smallest absolute Gasteiger partial charge is 0.317 e. The Morgan fingerprint density at radius 2 is 2.04 bits per heavy atom. The standard InChI is InChI=1S/C16H23N3O6S/c1-3-19(9-15(20)21)11-6-10(7-11)18-26(23,24)12-4-5-14(25-2)13(8-12)16(17)22/h4-5,8,10-11,18H,3,6-7,9H2,1-2H3,(H2,17,22)(H,20,21). The first-order valence-corrected chi connectivity index (χ1v) is 9.62. The Labute approximate surface area is 152 Å². The average molecular weight is 385 g/mol. The van der Waals surface area contributed by atoms with Gasteiger partial charge in [-0.2, -0.15) is 0 Å². The molecular weight excluding hydrogens is 362 g/mol. The lowest BCUT2D eigenvalue weighted by Crippen LogP contribution is -2.54. The van der Waals surface area contributed by atoms with Crippen LogP contribution in [0.2, 0.25) is 0 Å². The van der Waals surface area contributed by atoms with E-state index < -0.39 is 21.9 Å². The molecule has 144 valence electrons. The number of aliphatic carboxylic acids is 1. The Bertz CT molecular complexity index is 789. The van der Waals surface area contributed by atoms with E-state index >= 15 is 0 Å². The number of amides is 1. The number of primary amides is 1. The van der Waals surface area contributed by atoms with Crippen LogP contribution in [0.4, 0.5) is 0 Å². The van der Waals surface area contributed by atoms with Crippen LogP contribution < -0.4 is 15.2 Å². The predicted octanol–water partition coefficient (Wildman–Crippen LogP) is 0.00990. The number of nitrogens with two attached hydrogens (primary N) is 1. The molecule has 1 saturated carbocycles. The quantitative estimate of drug-likeness (QED) is 0.544. The van der Waals surface area contributed by atoms with Crippen molar-refractivity contribution in [2.75, 3.05) is 20.2 Å². The molecule has 0 unspecified atom stereocenters. The van der Waals surface area contributed by atoms with Crippen LogP contribution in [0, 0.1) is 0 Å². The summed E-state index contributed by atoms with van der Waals surface area (Å²) in [5.41, 5.74) is 5.25. The third-order valence-electron chi connectivity index (χ3n) is 4.44. The Morgan fingerprint density at radius 1 is 1.38 bits per heavy atom. The first-order valence-electron chi connectivity index (χ1n) is 8.14. The molecule has 0 radical (unpaired) electrons. The van der Waals surface area contributed by atoms with Crippen molar-refractivity contribution in [2.45, 2.75) is 36.7 Å². The zero-order valence-corrected chi connectivity index (χ0v) is 15.5. The highest BCUT2D eigenvalue weighted by Crippen LogP contribution is 2.28. The van der Waals surface area contributed by atoms with Gasteiger partial charge in [-0.25, -0.2) is 13.1 Å². The highest BCUT2D eigenvalue weighted by atomic mass is 32.2. The van der Waals surface area contributed by atoms with Gasteiger partial charge in [-0.05, 0) is 37.6 Å². The largest absolute Gasteiger partial charge is 0.496 e. The molecule has 1 aliphatic rings. The number of carboxylic acid groups (broad SMARTS) is 1. The van der Waals surface area contributed by atoms with Crippen LogP contribution >= 0.6 is 0 Å². The maximum absolute atomic E-state index is 12.5. The molecule has 1 aromatic rings. The van der Waals surface area contributed by atoms with Crippen LogP contribution in [-0.4, -0.2) is 62.6 Å². The molecule has 10 heteroatoms. The molecule has 26 heavy (non-hydrogen) atoms. The van der Waals surface area contributed by atoms with Gasteiger partial charge >= 0.3 is 5.97 Å². The molecule has 2 rings (SSSR count). The van der Waals surface area contributed by atoms with Crippen molar-refractivity contribution in [3.8, 4) is 5.75 Å². The Balaban J connectivity index is 2.06. The minimum atomic E-state index is -3.83. The summed E-state index contributed by atoms with van der Waals surface area (Å²) in [6.07, 6.45) is 1.05. The number of nitrogens with one attached hydrogen (secondary N) is 1. The van der Waals surface area contributed by atoms with E-state index in [1.165, 1.54) is 25.3 Å². The first-order chi connectivity index (χ1) is 12.2. The second-order valence-corrected chi connectivity index (χ2v) is 7.84. The number of likely N-dealkylation sites (N-methyl/N-ethyl adjacent to an activating group) is 1. The molecule has 0 atom stereocenters. The number of benzene rings is 1.